The molecular weight excluding hydrogens is 312 g/mol. The number of hydrogen-bond acceptors (Lipinski definition) is 3. The number of Topliss-reactive ketones (excluding diaryl/α,β-unsaturated/α-hetero) is 1. The Balaban J connectivity index is 1.62. The summed E-state index contributed by atoms with van der Waals surface area (Å²) in [4.78, 5) is 12.2. The molecule has 3 nitrogen and oxygen atoms in total. The maximum atomic E-state index is 12.2. The summed E-state index contributed by atoms with van der Waals surface area (Å²) in [5, 5.41) is 19.5. The largest absolute Gasteiger partial charge is 0.508 e. The molecule has 126 valence electrons. The third-order valence-corrected chi connectivity index (χ3v) is 4.18. The van der Waals surface area contributed by atoms with Crippen molar-refractivity contribution >= 4 is 5.78 Å². The van der Waals surface area contributed by atoms with Crippen molar-refractivity contribution < 1.29 is 15.0 Å². The zero-order valence-electron chi connectivity index (χ0n) is 13.8. The molecule has 3 aromatic rings. The topological polar surface area (TPSA) is 57.5 Å². The van der Waals surface area contributed by atoms with Gasteiger partial charge in [0.1, 0.15) is 11.9 Å². The van der Waals surface area contributed by atoms with Gasteiger partial charge in [-0.1, -0.05) is 66.7 Å². The Kier molecular flexibility index (Phi) is 5.26. The van der Waals surface area contributed by atoms with E-state index < -0.39 is 6.10 Å². The van der Waals surface area contributed by atoms with E-state index in [2.05, 4.69) is 0 Å². The highest BCUT2D eigenvalue weighted by Crippen LogP contribution is 2.22. The molecule has 3 heteroatoms. The number of phenolic OH excluding ortho intramolecular Hbond substituents is 1. The second kappa shape index (κ2) is 7.77. The minimum Gasteiger partial charge on any atom is -0.508 e. The molecule has 2 N–H and O–H groups in total. The average molecular weight is 332 g/mol. The predicted octanol–water partition coefficient (Wildman–Crippen LogP) is 3.77. The highest BCUT2D eigenvalue weighted by molar-refractivity contribution is 5.85. The summed E-state index contributed by atoms with van der Waals surface area (Å²) in [6.45, 7) is 0. The Labute approximate surface area is 147 Å². The Morgan fingerprint density at radius 1 is 0.760 bits per heavy atom. The third kappa shape index (κ3) is 4.55. The fourth-order valence-corrected chi connectivity index (χ4v) is 2.74. The Morgan fingerprint density at radius 3 is 1.92 bits per heavy atom. The van der Waals surface area contributed by atoms with Gasteiger partial charge in [-0.15, -0.1) is 0 Å². The highest BCUT2D eigenvalue weighted by Gasteiger charge is 2.16. The lowest BCUT2D eigenvalue weighted by Gasteiger charge is -2.10. The van der Waals surface area contributed by atoms with Crippen molar-refractivity contribution in [3.05, 3.63) is 90.0 Å². The molecule has 25 heavy (non-hydrogen) atoms. The van der Waals surface area contributed by atoms with Crippen LogP contribution >= 0.6 is 0 Å². The van der Waals surface area contributed by atoms with Crippen LogP contribution in [0.3, 0.4) is 0 Å². The van der Waals surface area contributed by atoms with E-state index >= 15 is 0 Å². The van der Waals surface area contributed by atoms with Crippen molar-refractivity contribution in [1.82, 2.24) is 0 Å². The number of hydrogen-bond donors (Lipinski definition) is 2. The first-order valence-electron chi connectivity index (χ1n) is 8.25. The van der Waals surface area contributed by atoms with Gasteiger partial charge >= 0.3 is 0 Å². The molecule has 0 bridgehead atoms. The van der Waals surface area contributed by atoms with Gasteiger partial charge in [0, 0.05) is 12.8 Å². The van der Waals surface area contributed by atoms with E-state index in [1.807, 2.05) is 66.7 Å². The monoisotopic (exact) mass is 332 g/mol. The Bertz CT molecular complexity index is 821. The molecule has 0 heterocycles. The molecule has 0 saturated heterocycles. The van der Waals surface area contributed by atoms with Crippen LogP contribution in [0.15, 0.2) is 78.9 Å². The van der Waals surface area contributed by atoms with Gasteiger partial charge < -0.3 is 10.2 Å². The molecule has 0 aromatic heterocycles. The number of rotatable bonds is 6. The van der Waals surface area contributed by atoms with Gasteiger partial charge in [0.25, 0.3) is 0 Å². The smallest absolute Gasteiger partial charge is 0.165 e. The molecule has 0 radical (unpaired) electrons. The normalized spacial score (nSPS) is 11.9. The maximum absolute atomic E-state index is 12.2. The van der Waals surface area contributed by atoms with Crippen molar-refractivity contribution in [3.8, 4) is 16.9 Å². The summed E-state index contributed by atoms with van der Waals surface area (Å²) in [5.74, 6) is 0.0552. The van der Waals surface area contributed by atoms with Gasteiger partial charge in [0.05, 0.1) is 0 Å². The van der Waals surface area contributed by atoms with E-state index in [-0.39, 0.29) is 18.0 Å². The summed E-state index contributed by atoms with van der Waals surface area (Å²) in [5.41, 5.74) is 3.84. The summed E-state index contributed by atoms with van der Waals surface area (Å²) < 4.78 is 0. The zero-order valence-corrected chi connectivity index (χ0v) is 13.8. The van der Waals surface area contributed by atoms with Crippen LogP contribution in [0.2, 0.25) is 0 Å². The summed E-state index contributed by atoms with van der Waals surface area (Å²) in [6, 6.07) is 24.2. The fourth-order valence-electron chi connectivity index (χ4n) is 2.74. The molecule has 0 aliphatic rings. The molecular formula is C22H20O3. The number of aliphatic hydroxyl groups excluding tert-OH is 1. The second-order valence-electron chi connectivity index (χ2n) is 6.09. The quantitative estimate of drug-likeness (QED) is 0.722. The number of carbonyl (C=O) groups is 1. The second-order valence-corrected chi connectivity index (χ2v) is 6.09. The van der Waals surface area contributed by atoms with E-state index in [4.69, 9.17) is 0 Å². The average Bonchev–Trinajstić information content (AvgIpc) is 2.64. The predicted molar refractivity (Wildman–Crippen MR) is 98.4 cm³/mol. The van der Waals surface area contributed by atoms with Crippen LogP contribution in [0.1, 0.15) is 11.1 Å². The molecule has 1 atom stereocenters. The third-order valence-electron chi connectivity index (χ3n) is 4.18. The fraction of sp³-hybridized carbons (Fsp3) is 0.136. The summed E-state index contributed by atoms with van der Waals surface area (Å²) in [7, 11) is 0. The van der Waals surface area contributed by atoms with E-state index in [1.165, 1.54) is 0 Å². The first-order chi connectivity index (χ1) is 12.1. The molecule has 3 rings (SSSR count). The number of phenols is 1. The van der Waals surface area contributed by atoms with Crippen LogP contribution in [0.5, 0.6) is 5.75 Å². The first kappa shape index (κ1) is 16.9. The van der Waals surface area contributed by atoms with Crippen LogP contribution in [0.25, 0.3) is 11.1 Å². The Hall–Kier alpha value is -2.91. The Morgan fingerprint density at radius 2 is 1.32 bits per heavy atom. The first-order valence-corrected chi connectivity index (χ1v) is 8.25. The lowest BCUT2D eigenvalue weighted by atomic mass is 9.98. The zero-order chi connectivity index (χ0) is 17.6. The maximum Gasteiger partial charge on any atom is 0.165 e. The number of aromatic hydroxyl groups is 1. The van der Waals surface area contributed by atoms with E-state index in [9.17, 15) is 15.0 Å². The van der Waals surface area contributed by atoms with Crippen LogP contribution < -0.4 is 0 Å². The van der Waals surface area contributed by atoms with Crippen LogP contribution in [0.4, 0.5) is 0 Å². The van der Waals surface area contributed by atoms with Gasteiger partial charge in [-0.3, -0.25) is 4.79 Å². The molecule has 0 fully saturated rings. The van der Waals surface area contributed by atoms with E-state index in [1.54, 1.807) is 12.1 Å². The van der Waals surface area contributed by atoms with Crippen LogP contribution in [-0.2, 0) is 17.6 Å². The number of ketones is 1. The standard InChI is InChI=1S/C22H20O3/c23-20-12-10-19(11-13-20)18-8-6-17(7-9-18)15-22(25)21(24)14-16-4-2-1-3-5-16/h1-13,21,23-24H,14-15H2. The molecule has 0 saturated carbocycles. The lowest BCUT2D eigenvalue weighted by molar-refractivity contribution is -0.126. The van der Waals surface area contributed by atoms with E-state index in [0.29, 0.717) is 6.42 Å². The van der Waals surface area contributed by atoms with Gasteiger partial charge in [-0.2, -0.15) is 0 Å². The number of benzene rings is 3. The SMILES string of the molecule is O=C(Cc1ccc(-c2ccc(O)cc2)cc1)C(O)Cc1ccccc1. The number of carbonyl (C=O) groups excluding carboxylic acids is 1. The molecule has 0 aliphatic carbocycles. The minimum absolute atomic E-state index is 0.179. The lowest BCUT2D eigenvalue weighted by Crippen LogP contribution is -2.24. The minimum atomic E-state index is -0.987. The molecule has 0 amide bonds. The van der Waals surface area contributed by atoms with Crippen molar-refractivity contribution in [3.63, 3.8) is 0 Å². The van der Waals surface area contributed by atoms with Gasteiger partial charge in [0.15, 0.2) is 5.78 Å². The van der Waals surface area contributed by atoms with Crippen LogP contribution in [-0.4, -0.2) is 22.1 Å². The van der Waals surface area contributed by atoms with Crippen LogP contribution in [0, 0.1) is 0 Å². The van der Waals surface area contributed by atoms with Gasteiger partial charge in [-0.05, 0) is 34.4 Å². The van der Waals surface area contributed by atoms with Gasteiger partial charge in [-0.25, -0.2) is 0 Å². The highest BCUT2D eigenvalue weighted by atomic mass is 16.3. The summed E-state index contributed by atoms with van der Waals surface area (Å²) in [6.07, 6.45) is -0.436. The van der Waals surface area contributed by atoms with Crippen molar-refractivity contribution in [2.45, 2.75) is 18.9 Å². The van der Waals surface area contributed by atoms with Crippen molar-refractivity contribution in [1.29, 1.82) is 0 Å². The summed E-state index contributed by atoms with van der Waals surface area (Å²) >= 11 is 0. The van der Waals surface area contributed by atoms with Crippen molar-refractivity contribution in [2.24, 2.45) is 0 Å². The molecule has 1 unspecified atom stereocenters. The van der Waals surface area contributed by atoms with E-state index in [0.717, 1.165) is 22.3 Å². The molecule has 3 aromatic carbocycles. The molecule has 0 spiro atoms. The van der Waals surface area contributed by atoms with Gasteiger partial charge in [0.2, 0.25) is 0 Å². The van der Waals surface area contributed by atoms with Crippen molar-refractivity contribution in [2.75, 3.05) is 0 Å². The number of aliphatic hydroxyl groups is 1. The molecule has 0 aliphatic heterocycles.